The molecular weight excluding hydrogens is 300 g/mol. The van der Waals surface area contributed by atoms with Crippen molar-refractivity contribution in [2.75, 3.05) is 13.2 Å². The summed E-state index contributed by atoms with van der Waals surface area (Å²) in [4.78, 5) is 23.5. The van der Waals surface area contributed by atoms with E-state index in [1.165, 1.54) is 0 Å². The molecule has 0 spiro atoms. The van der Waals surface area contributed by atoms with Crippen molar-refractivity contribution in [1.29, 1.82) is 0 Å². The standard InChI is InChI=1S/C17H30O6/c1-12(2)10-20-16(18)22-14-8-6-5-7-9-15(14)23-17(19)21-11-13(3)4/h12-15H,5-11H2,1-4H3. The van der Waals surface area contributed by atoms with Crippen LogP contribution in [-0.2, 0) is 18.9 Å². The van der Waals surface area contributed by atoms with Gasteiger partial charge in [-0.3, -0.25) is 0 Å². The molecular formula is C17H30O6. The van der Waals surface area contributed by atoms with Crippen molar-refractivity contribution >= 4 is 12.3 Å². The van der Waals surface area contributed by atoms with Gasteiger partial charge < -0.3 is 18.9 Å². The van der Waals surface area contributed by atoms with Crippen LogP contribution < -0.4 is 0 Å². The molecule has 0 radical (unpaired) electrons. The second-order valence-corrected chi connectivity index (χ2v) is 6.86. The number of hydrogen-bond donors (Lipinski definition) is 0. The van der Waals surface area contributed by atoms with E-state index < -0.39 is 24.5 Å². The van der Waals surface area contributed by atoms with Crippen molar-refractivity contribution in [3.63, 3.8) is 0 Å². The quantitative estimate of drug-likeness (QED) is 0.534. The van der Waals surface area contributed by atoms with Crippen molar-refractivity contribution in [2.24, 2.45) is 11.8 Å². The first-order valence-corrected chi connectivity index (χ1v) is 8.55. The van der Waals surface area contributed by atoms with Crippen molar-refractivity contribution in [1.82, 2.24) is 0 Å². The summed E-state index contributed by atoms with van der Waals surface area (Å²) < 4.78 is 20.8. The molecule has 0 bridgehead atoms. The number of carbonyl (C=O) groups is 2. The van der Waals surface area contributed by atoms with Crippen LogP contribution in [0, 0.1) is 11.8 Å². The van der Waals surface area contributed by atoms with Crippen LogP contribution in [-0.4, -0.2) is 37.7 Å². The van der Waals surface area contributed by atoms with Gasteiger partial charge in [-0.15, -0.1) is 0 Å². The third kappa shape index (κ3) is 8.67. The van der Waals surface area contributed by atoms with Crippen LogP contribution in [0.1, 0.15) is 59.8 Å². The van der Waals surface area contributed by atoms with Crippen LogP contribution >= 0.6 is 0 Å². The normalized spacial score (nSPS) is 21.7. The highest BCUT2D eigenvalue weighted by Crippen LogP contribution is 2.24. The molecule has 0 heterocycles. The molecule has 0 amide bonds. The topological polar surface area (TPSA) is 71.1 Å². The molecule has 1 rings (SSSR count). The Hall–Kier alpha value is -1.46. The lowest BCUT2D eigenvalue weighted by atomic mass is 10.1. The molecule has 23 heavy (non-hydrogen) atoms. The highest BCUT2D eigenvalue weighted by Gasteiger charge is 2.31. The lowest BCUT2D eigenvalue weighted by molar-refractivity contribution is -0.0606. The van der Waals surface area contributed by atoms with Crippen molar-refractivity contribution < 1.29 is 28.5 Å². The summed E-state index contributed by atoms with van der Waals surface area (Å²) >= 11 is 0. The second-order valence-electron chi connectivity index (χ2n) is 6.86. The number of hydrogen-bond acceptors (Lipinski definition) is 6. The van der Waals surface area contributed by atoms with Crippen LogP contribution in [0.15, 0.2) is 0 Å². The molecule has 1 fully saturated rings. The van der Waals surface area contributed by atoms with E-state index in [0.29, 0.717) is 26.1 Å². The first-order chi connectivity index (χ1) is 10.9. The highest BCUT2D eigenvalue weighted by atomic mass is 16.8. The van der Waals surface area contributed by atoms with Gasteiger partial charge >= 0.3 is 12.3 Å². The van der Waals surface area contributed by atoms with Gasteiger partial charge in [0, 0.05) is 0 Å². The maximum atomic E-state index is 11.8. The average molecular weight is 330 g/mol. The van der Waals surface area contributed by atoms with Crippen LogP contribution in [0.25, 0.3) is 0 Å². The third-order valence-corrected chi connectivity index (χ3v) is 3.46. The Kier molecular flexibility index (Phi) is 8.81. The summed E-state index contributed by atoms with van der Waals surface area (Å²) in [6.45, 7) is 8.44. The van der Waals surface area contributed by atoms with Crippen LogP contribution in [0.5, 0.6) is 0 Å². The first kappa shape index (κ1) is 19.6. The summed E-state index contributed by atoms with van der Waals surface area (Å²) in [5.74, 6) is 0.490. The molecule has 0 aromatic rings. The zero-order valence-corrected chi connectivity index (χ0v) is 14.7. The van der Waals surface area contributed by atoms with E-state index >= 15 is 0 Å². The van der Waals surface area contributed by atoms with Gasteiger partial charge in [0.2, 0.25) is 0 Å². The number of carbonyl (C=O) groups excluding carboxylic acids is 2. The molecule has 2 atom stereocenters. The van der Waals surface area contributed by atoms with E-state index in [0.717, 1.165) is 19.3 Å². The zero-order chi connectivity index (χ0) is 17.2. The zero-order valence-electron chi connectivity index (χ0n) is 14.7. The summed E-state index contributed by atoms with van der Waals surface area (Å²) in [7, 11) is 0. The molecule has 2 unspecified atom stereocenters. The van der Waals surface area contributed by atoms with E-state index in [-0.39, 0.29) is 11.8 Å². The largest absolute Gasteiger partial charge is 0.508 e. The number of ether oxygens (including phenoxy) is 4. The maximum Gasteiger partial charge on any atom is 0.508 e. The summed E-state index contributed by atoms with van der Waals surface area (Å²) in [6.07, 6.45) is 1.89. The molecule has 1 saturated carbocycles. The smallest absolute Gasteiger partial charge is 0.434 e. The predicted octanol–water partition coefficient (Wildman–Crippen LogP) is 4.31. The fourth-order valence-electron chi connectivity index (χ4n) is 2.29. The second kappa shape index (κ2) is 10.3. The Bertz CT molecular complexity index is 332. The van der Waals surface area contributed by atoms with Crippen LogP contribution in [0.2, 0.25) is 0 Å². The third-order valence-electron chi connectivity index (χ3n) is 3.46. The van der Waals surface area contributed by atoms with Gasteiger partial charge in [-0.2, -0.15) is 0 Å². The lowest BCUT2D eigenvalue weighted by Gasteiger charge is -2.24. The van der Waals surface area contributed by atoms with Gasteiger partial charge in [0.05, 0.1) is 13.2 Å². The van der Waals surface area contributed by atoms with Gasteiger partial charge in [0.25, 0.3) is 0 Å². The van der Waals surface area contributed by atoms with Crippen LogP contribution in [0.3, 0.4) is 0 Å². The van der Waals surface area contributed by atoms with Gasteiger partial charge in [0.15, 0.2) is 0 Å². The minimum absolute atomic E-state index is 0.245. The SMILES string of the molecule is CC(C)COC(=O)OC1CCCCCC1OC(=O)OCC(C)C. The molecule has 1 aliphatic carbocycles. The summed E-state index contributed by atoms with van der Waals surface area (Å²) in [5.41, 5.74) is 0. The van der Waals surface area contributed by atoms with E-state index in [1.54, 1.807) is 0 Å². The molecule has 0 saturated heterocycles. The monoisotopic (exact) mass is 330 g/mol. The van der Waals surface area contributed by atoms with Crippen LogP contribution in [0.4, 0.5) is 9.59 Å². The van der Waals surface area contributed by atoms with Gasteiger partial charge in [-0.05, 0) is 37.5 Å². The Balaban J connectivity index is 2.51. The summed E-state index contributed by atoms with van der Waals surface area (Å²) in [5, 5.41) is 0. The van der Waals surface area contributed by atoms with E-state index in [2.05, 4.69) is 0 Å². The van der Waals surface area contributed by atoms with E-state index in [1.807, 2.05) is 27.7 Å². The van der Waals surface area contributed by atoms with Gasteiger partial charge in [0.1, 0.15) is 12.2 Å². The average Bonchev–Trinajstić information content (AvgIpc) is 2.69. The van der Waals surface area contributed by atoms with E-state index in [9.17, 15) is 9.59 Å². The summed E-state index contributed by atoms with van der Waals surface area (Å²) in [6, 6.07) is 0. The minimum atomic E-state index is -0.699. The van der Waals surface area contributed by atoms with Gasteiger partial charge in [-0.1, -0.05) is 34.1 Å². The molecule has 0 aliphatic heterocycles. The predicted molar refractivity (Wildman–Crippen MR) is 85.2 cm³/mol. The molecule has 1 aliphatic rings. The Morgan fingerprint density at radius 1 is 0.783 bits per heavy atom. The highest BCUT2D eigenvalue weighted by molar-refractivity contribution is 5.61. The Morgan fingerprint density at radius 2 is 1.17 bits per heavy atom. The Labute approximate surface area is 138 Å². The van der Waals surface area contributed by atoms with E-state index in [4.69, 9.17) is 18.9 Å². The minimum Gasteiger partial charge on any atom is -0.434 e. The maximum absolute atomic E-state index is 11.8. The molecule has 0 aromatic heterocycles. The molecule has 6 nitrogen and oxygen atoms in total. The molecule has 0 aromatic carbocycles. The van der Waals surface area contributed by atoms with Crippen molar-refractivity contribution in [3.05, 3.63) is 0 Å². The molecule has 134 valence electrons. The first-order valence-electron chi connectivity index (χ1n) is 8.55. The molecule has 6 heteroatoms. The number of rotatable bonds is 6. The fraction of sp³-hybridized carbons (Fsp3) is 0.882. The fourth-order valence-corrected chi connectivity index (χ4v) is 2.29. The van der Waals surface area contributed by atoms with Crippen molar-refractivity contribution in [2.45, 2.75) is 72.0 Å². The van der Waals surface area contributed by atoms with Gasteiger partial charge in [-0.25, -0.2) is 9.59 Å². The lowest BCUT2D eigenvalue weighted by Crippen LogP contribution is -2.35. The van der Waals surface area contributed by atoms with Crippen molar-refractivity contribution in [3.8, 4) is 0 Å². The Morgan fingerprint density at radius 3 is 1.52 bits per heavy atom. The molecule has 0 N–H and O–H groups in total.